The van der Waals surface area contributed by atoms with Crippen molar-refractivity contribution in [2.24, 2.45) is 0 Å². The van der Waals surface area contributed by atoms with Crippen molar-refractivity contribution < 1.29 is 22.0 Å². The molecule has 0 aliphatic heterocycles. The Balaban J connectivity index is 2.13. The summed E-state index contributed by atoms with van der Waals surface area (Å²) in [6.07, 6.45) is 1.11. The Labute approximate surface area is 145 Å². The molecule has 0 unspecified atom stereocenters. The number of benzene rings is 2. The van der Waals surface area contributed by atoms with E-state index in [1.807, 2.05) is 0 Å². The van der Waals surface area contributed by atoms with Gasteiger partial charge in [-0.3, -0.25) is 0 Å². The third-order valence-electron chi connectivity index (χ3n) is 3.86. The number of halogens is 2. The highest BCUT2D eigenvalue weighted by molar-refractivity contribution is 7.90. The average molecular weight is 368 g/mol. The van der Waals surface area contributed by atoms with Crippen LogP contribution in [0.15, 0.2) is 47.4 Å². The van der Waals surface area contributed by atoms with E-state index in [4.69, 9.17) is 0 Å². The fourth-order valence-electron chi connectivity index (χ4n) is 2.19. The molecule has 0 spiro atoms. The largest absolute Gasteiger partial charge is 0.322 e. The van der Waals surface area contributed by atoms with Crippen molar-refractivity contribution in [1.29, 1.82) is 0 Å². The Morgan fingerprint density at radius 1 is 1.12 bits per heavy atom. The molecule has 0 aliphatic carbocycles. The van der Waals surface area contributed by atoms with Crippen molar-refractivity contribution in [2.75, 3.05) is 18.6 Å². The van der Waals surface area contributed by atoms with E-state index in [0.717, 1.165) is 18.4 Å². The molecule has 0 heterocycles. The first-order valence-electron chi connectivity index (χ1n) is 7.38. The zero-order valence-electron chi connectivity index (χ0n) is 14.0. The molecular weight excluding hydrogens is 350 g/mol. The van der Waals surface area contributed by atoms with Crippen LogP contribution >= 0.6 is 0 Å². The molecule has 0 saturated heterocycles. The molecule has 0 aliphatic rings. The fraction of sp³-hybridized carbons (Fsp3) is 0.235. The molecule has 2 aromatic carbocycles. The van der Waals surface area contributed by atoms with Crippen molar-refractivity contribution in [3.05, 3.63) is 59.7 Å². The van der Waals surface area contributed by atoms with Gasteiger partial charge < -0.3 is 10.2 Å². The van der Waals surface area contributed by atoms with Crippen molar-refractivity contribution in [3.8, 4) is 0 Å². The molecule has 0 bridgehead atoms. The normalized spacial score (nSPS) is 12.5. The SMILES string of the molecule is C[C@@H](c1ccc(S(C)(=O)=O)cc1)N(C)C(=O)Nc1ccc(F)cc1F. The van der Waals surface area contributed by atoms with Crippen LogP contribution in [-0.2, 0) is 9.84 Å². The first kappa shape index (κ1) is 18.9. The Morgan fingerprint density at radius 3 is 2.24 bits per heavy atom. The fourth-order valence-corrected chi connectivity index (χ4v) is 2.82. The number of sulfone groups is 1. The van der Waals surface area contributed by atoms with Crippen LogP contribution in [0.4, 0.5) is 19.3 Å². The summed E-state index contributed by atoms with van der Waals surface area (Å²) in [6, 6.07) is 8.06. The van der Waals surface area contributed by atoms with Gasteiger partial charge >= 0.3 is 6.03 Å². The maximum atomic E-state index is 13.6. The topological polar surface area (TPSA) is 66.5 Å². The lowest BCUT2D eigenvalue weighted by Crippen LogP contribution is -2.33. The van der Waals surface area contributed by atoms with Crippen molar-refractivity contribution in [1.82, 2.24) is 4.90 Å². The van der Waals surface area contributed by atoms with Crippen LogP contribution in [0.3, 0.4) is 0 Å². The van der Waals surface area contributed by atoms with E-state index in [2.05, 4.69) is 5.32 Å². The van der Waals surface area contributed by atoms with Gasteiger partial charge in [-0.15, -0.1) is 0 Å². The van der Waals surface area contributed by atoms with Gasteiger partial charge in [0, 0.05) is 19.4 Å². The van der Waals surface area contributed by atoms with E-state index in [9.17, 15) is 22.0 Å². The van der Waals surface area contributed by atoms with Gasteiger partial charge in [0.1, 0.15) is 11.6 Å². The highest BCUT2D eigenvalue weighted by Crippen LogP contribution is 2.22. The smallest absolute Gasteiger partial charge is 0.321 e. The average Bonchev–Trinajstić information content (AvgIpc) is 2.55. The van der Waals surface area contributed by atoms with Gasteiger partial charge in [0.05, 0.1) is 16.6 Å². The minimum atomic E-state index is -3.30. The van der Waals surface area contributed by atoms with Crippen LogP contribution in [0.25, 0.3) is 0 Å². The molecular formula is C17H18F2N2O3S. The van der Waals surface area contributed by atoms with E-state index in [-0.39, 0.29) is 10.6 Å². The number of anilines is 1. The summed E-state index contributed by atoms with van der Waals surface area (Å²) in [7, 11) is -1.78. The summed E-state index contributed by atoms with van der Waals surface area (Å²) in [5.41, 5.74) is 0.586. The number of carbonyl (C=O) groups excluding carboxylic acids is 1. The molecule has 134 valence electrons. The zero-order valence-corrected chi connectivity index (χ0v) is 14.8. The maximum Gasteiger partial charge on any atom is 0.322 e. The van der Waals surface area contributed by atoms with Gasteiger partial charge in [-0.2, -0.15) is 0 Å². The lowest BCUT2D eigenvalue weighted by molar-refractivity contribution is 0.208. The summed E-state index contributed by atoms with van der Waals surface area (Å²) < 4.78 is 49.5. The summed E-state index contributed by atoms with van der Waals surface area (Å²) in [5, 5.41) is 2.37. The zero-order chi connectivity index (χ0) is 18.8. The first-order valence-corrected chi connectivity index (χ1v) is 9.27. The lowest BCUT2D eigenvalue weighted by Gasteiger charge is -2.25. The van der Waals surface area contributed by atoms with Crippen LogP contribution in [0.2, 0.25) is 0 Å². The van der Waals surface area contributed by atoms with Crippen molar-refractivity contribution >= 4 is 21.6 Å². The first-order chi connectivity index (χ1) is 11.6. The van der Waals surface area contributed by atoms with Crippen molar-refractivity contribution in [3.63, 3.8) is 0 Å². The maximum absolute atomic E-state index is 13.6. The molecule has 8 heteroatoms. The summed E-state index contributed by atoms with van der Waals surface area (Å²) in [5.74, 6) is -1.60. The van der Waals surface area contributed by atoms with E-state index < -0.39 is 33.5 Å². The summed E-state index contributed by atoms with van der Waals surface area (Å²) in [6.45, 7) is 1.75. The predicted octanol–water partition coefficient (Wildman–Crippen LogP) is 3.59. The Hall–Kier alpha value is -2.48. The number of urea groups is 1. The number of amides is 2. The number of nitrogens with zero attached hydrogens (tertiary/aromatic N) is 1. The Bertz CT molecular complexity index is 883. The number of carbonyl (C=O) groups is 1. The lowest BCUT2D eigenvalue weighted by atomic mass is 10.1. The third-order valence-corrected chi connectivity index (χ3v) is 4.99. The van der Waals surface area contributed by atoms with Crippen LogP contribution in [0.1, 0.15) is 18.5 Å². The third kappa shape index (κ3) is 4.54. The van der Waals surface area contributed by atoms with Crippen molar-refractivity contribution in [2.45, 2.75) is 17.9 Å². The van der Waals surface area contributed by atoms with Crippen LogP contribution in [-0.4, -0.2) is 32.7 Å². The molecule has 0 radical (unpaired) electrons. The van der Waals surface area contributed by atoms with Gasteiger partial charge in [0.15, 0.2) is 9.84 Å². The second-order valence-electron chi connectivity index (χ2n) is 5.68. The van der Waals surface area contributed by atoms with Gasteiger partial charge in [-0.1, -0.05) is 12.1 Å². The predicted molar refractivity (Wildman–Crippen MR) is 91.1 cm³/mol. The quantitative estimate of drug-likeness (QED) is 0.897. The standard InChI is InChI=1S/C17H18F2N2O3S/c1-11(12-4-7-14(8-5-12)25(3,23)24)21(2)17(22)20-16-9-6-13(18)10-15(16)19/h4-11H,1-3H3,(H,20,22)/t11-/m0/s1. The molecule has 25 heavy (non-hydrogen) atoms. The minimum Gasteiger partial charge on any atom is -0.321 e. The molecule has 1 atom stereocenters. The Morgan fingerprint density at radius 2 is 1.72 bits per heavy atom. The van der Waals surface area contributed by atoms with Crippen LogP contribution in [0.5, 0.6) is 0 Å². The number of nitrogens with one attached hydrogen (secondary N) is 1. The molecule has 5 nitrogen and oxygen atoms in total. The Kier molecular flexibility index (Phi) is 5.42. The van der Waals surface area contributed by atoms with E-state index >= 15 is 0 Å². The number of rotatable bonds is 4. The van der Waals surface area contributed by atoms with Gasteiger partial charge in [0.2, 0.25) is 0 Å². The summed E-state index contributed by atoms with van der Waals surface area (Å²) >= 11 is 0. The van der Waals surface area contributed by atoms with Gasteiger partial charge in [0.25, 0.3) is 0 Å². The second kappa shape index (κ2) is 7.18. The van der Waals surface area contributed by atoms with E-state index in [0.29, 0.717) is 11.6 Å². The van der Waals surface area contributed by atoms with Crippen LogP contribution in [0, 0.1) is 11.6 Å². The molecule has 2 aromatic rings. The minimum absolute atomic E-state index is 0.127. The highest BCUT2D eigenvalue weighted by Gasteiger charge is 2.19. The number of hydrogen-bond acceptors (Lipinski definition) is 3. The second-order valence-corrected chi connectivity index (χ2v) is 7.70. The summed E-state index contributed by atoms with van der Waals surface area (Å²) in [4.78, 5) is 13.8. The molecule has 0 fully saturated rings. The van der Waals surface area contributed by atoms with Gasteiger partial charge in [-0.25, -0.2) is 22.0 Å². The molecule has 0 aromatic heterocycles. The molecule has 2 rings (SSSR count). The highest BCUT2D eigenvalue weighted by atomic mass is 32.2. The van der Waals surface area contributed by atoms with Crippen LogP contribution < -0.4 is 5.32 Å². The van der Waals surface area contributed by atoms with E-state index in [1.165, 1.54) is 24.1 Å². The molecule has 0 saturated carbocycles. The molecule has 2 amide bonds. The van der Waals surface area contributed by atoms with Gasteiger partial charge in [-0.05, 0) is 36.8 Å². The number of hydrogen-bond donors (Lipinski definition) is 1. The molecule has 1 N–H and O–H groups in total. The monoisotopic (exact) mass is 368 g/mol. The van der Waals surface area contributed by atoms with E-state index in [1.54, 1.807) is 19.1 Å².